The highest BCUT2D eigenvalue weighted by Gasteiger charge is 2.36. The van der Waals surface area contributed by atoms with Crippen LogP contribution in [-0.2, 0) is 6.54 Å². The van der Waals surface area contributed by atoms with Gasteiger partial charge in [0.15, 0.2) is 0 Å². The molecule has 128 valence electrons. The van der Waals surface area contributed by atoms with Crippen molar-refractivity contribution < 1.29 is 14.6 Å². The van der Waals surface area contributed by atoms with Crippen molar-refractivity contribution in [1.82, 2.24) is 9.80 Å². The van der Waals surface area contributed by atoms with Crippen LogP contribution in [0.3, 0.4) is 0 Å². The minimum absolute atomic E-state index is 0.239. The van der Waals surface area contributed by atoms with Crippen molar-refractivity contribution >= 4 is 0 Å². The molecule has 3 rings (SSSR count). The molecule has 1 aromatic carbocycles. The fraction of sp³-hybridized carbons (Fsp3) is 0.667. The number of aliphatic hydroxyl groups is 1. The van der Waals surface area contributed by atoms with Gasteiger partial charge in [0.25, 0.3) is 0 Å². The Morgan fingerprint density at radius 2 is 1.91 bits per heavy atom. The lowest BCUT2D eigenvalue weighted by molar-refractivity contribution is 0.0325. The molecular weight excluding hydrogens is 292 g/mol. The van der Waals surface area contributed by atoms with Crippen molar-refractivity contribution in [3.05, 3.63) is 23.8 Å². The largest absolute Gasteiger partial charge is 0.496 e. The molecule has 0 spiro atoms. The SMILES string of the molecule is COc1cccc(OC)c1CN1C[C@H]2CCCN2C[C@H]1CCO. The molecule has 2 aliphatic rings. The number of methoxy groups -OCH3 is 2. The molecule has 2 aliphatic heterocycles. The quantitative estimate of drug-likeness (QED) is 0.865. The van der Waals surface area contributed by atoms with Crippen molar-refractivity contribution in [2.45, 2.75) is 37.9 Å². The van der Waals surface area contributed by atoms with Crippen LogP contribution in [0.1, 0.15) is 24.8 Å². The Kier molecular flexibility index (Phi) is 5.41. The van der Waals surface area contributed by atoms with E-state index in [2.05, 4.69) is 9.80 Å². The molecule has 0 unspecified atom stereocenters. The van der Waals surface area contributed by atoms with E-state index in [1.807, 2.05) is 18.2 Å². The summed E-state index contributed by atoms with van der Waals surface area (Å²) in [7, 11) is 3.41. The summed E-state index contributed by atoms with van der Waals surface area (Å²) >= 11 is 0. The van der Waals surface area contributed by atoms with Crippen LogP contribution >= 0.6 is 0 Å². The summed E-state index contributed by atoms with van der Waals surface area (Å²) in [5, 5.41) is 9.45. The van der Waals surface area contributed by atoms with Crippen LogP contribution in [0.25, 0.3) is 0 Å². The topological polar surface area (TPSA) is 45.2 Å². The van der Waals surface area contributed by atoms with E-state index in [0.29, 0.717) is 12.1 Å². The highest BCUT2D eigenvalue weighted by Crippen LogP contribution is 2.33. The van der Waals surface area contributed by atoms with Crippen molar-refractivity contribution in [2.24, 2.45) is 0 Å². The van der Waals surface area contributed by atoms with Gasteiger partial charge >= 0.3 is 0 Å². The third kappa shape index (κ3) is 3.47. The Labute approximate surface area is 138 Å². The van der Waals surface area contributed by atoms with Crippen molar-refractivity contribution in [3.63, 3.8) is 0 Å². The second-order valence-corrected chi connectivity index (χ2v) is 6.53. The van der Waals surface area contributed by atoms with Gasteiger partial charge in [-0.05, 0) is 37.9 Å². The molecular formula is C18H28N2O3. The van der Waals surface area contributed by atoms with Crippen LogP contribution in [0, 0.1) is 0 Å². The Hall–Kier alpha value is -1.30. The zero-order chi connectivity index (χ0) is 16.2. The molecule has 0 saturated carbocycles. The van der Waals surface area contributed by atoms with Gasteiger partial charge < -0.3 is 14.6 Å². The maximum atomic E-state index is 9.45. The molecule has 23 heavy (non-hydrogen) atoms. The molecule has 2 saturated heterocycles. The standard InChI is InChI=1S/C18H28N2O3/c1-22-17-6-3-7-18(23-2)16(17)13-20-12-14-5-4-9-19(14)11-15(20)8-10-21/h3,6-7,14-15,21H,4-5,8-13H2,1-2H3/t14-,15-/m1/s1. The first-order chi connectivity index (χ1) is 11.3. The summed E-state index contributed by atoms with van der Waals surface area (Å²) in [5.74, 6) is 1.75. The summed E-state index contributed by atoms with van der Waals surface area (Å²) < 4.78 is 11.1. The highest BCUT2D eigenvalue weighted by atomic mass is 16.5. The number of nitrogens with zero attached hydrogens (tertiary/aromatic N) is 2. The molecule has 1 N–H and O–H groups in total. The smallest absolute Gasteiger partial charge is 0.127 e. The van der Waals surface area contributed by atoms with E-state index in [-0.39, 0.29) is 6.61 Å². The van der Waals surface area contributed by atoms with Crippen LogP contribution in [-0.4, -0.2) is 67.5 Å². The van der Waals surface area contributed by atoms with E-state index in [9.17, 15) is 5.11 Å². The third-order valence-electron chi connectivity index (χ3n) is 5.26. The summed E-state index contributed by atoms with van der Waals surface area (Å²) in [6.07, 6.45) is 3.40. The number of hydrogen-bond acceptors (Lipinski definition) is 5. The molecule has 2 atom stereocenters. The molecule has 2 heterocycles. The second kappa shape index (κ2) is 7.51. The Morgan fingerprint density at radius 3 is 2.57 bits per heavy atom. The van der Waals surface area contributed by atoms with Crippen LogP contribution in [0.5, 0.6) is 11.5 Å². The van der Waals surface area contributed by atoms with E-state index in [1.54, 1.807) is 14.2 Å². The molecule has 0 bridgehead atoms. The Morgan fingerprint density at radius 1 is 1.17 bits per heavy atom. The van der Waals surface area contributed by atoms with E-state index < -0.39 is 0 Å². The minimum atomic E-state index is 0.239. The van der Waals surface area contributed by atoms with Crippen molar-refractivity contribution in [3.8, 4) is 11.5 Å². The summed E-state index contributed by atoms with van der Waals surface area (Å²) in [4.78, 5) is 5.10. The number of ether oxygens (including phenoxy) is 2. The minimum Gasteiger partial charge on any atom is -0.496 e. The number of hydrogen-bond donors (Lipinski definition) is 1. The number of aliphatic hydroxyl groups excluding tert-OH is 1. The zero-order valence-corrected chi connectivity index (χ0v) is 14.2. The summed E-state index contributed by atoms with van der Waals surface area (Å²) in [6.45, 7) is 4.37. The number of fused-ring (bicyclic) bond motifs is 1. The lowest BCUT2D eigenvalue weighted by Crippen LogP contribution is -2.55. The first-order valence-corrected chi connectivity index (χ1v) is 8.55. The molecule has 0 amide bonds. The molecule has 5 nitrogen and oxygen atoms in total. The molecule has 0 aromatic heterocycles. The van der Waals surface area contributed by atoms with Crippen LogP contribution < -0.4 is 9.47 Å². The average Bonchev–Trinajstić information content (AvgIpc) is 3.02. The van der Waals surface area contributed by atoms with Gasteiger partial charge in [-0.2, -0.15) is 0 Å². The lowest BCUT2D eigenvalue weighted by atomic mass is 10.0. The van der Waals surface area contributed by atoms with Gasteiger partial charge in [0.1, 0.15) is 11.5 Å². The van der Waals surface area contributed by atoms with Gasteiger partial charge in [-0.15, -0.1) is 0 Å². The Bertz CT molecular complexity index is 501. The van der Waals surface area contributed by atoms with E-state index in [0.717, 1.165) is 43.1 Å². The van der Waals surface area contributed by atoms with Gasteiger partial charge in [-0.1, -0.05) is 6.07 Å². The first-order valence-electron chi connectivity index (χ1n) is 8.55. The lowest BCUT2D eigenvalue weighted by Gasteiger charge is -2.44. The Balaban J connectivity index is 1.82. The van der Waals surface area contributed by atoms with Crippen molar-refractivity contribution in [2.75, 3.05) is 40.5 Å². The zero-order valence-electron chi connectivity index (χ0n) is 14.2. The van der Waals surface area contributed by atoms with Gasteiger partial charge in [0.2, 0.25) is 0 Å². The van der Waals surface area contributed by atoms with E-state index in [4.69, 9.17) is 9.47 Å². The van der Waals surface area contributed by atoms with Gasteiger partial charge in [0.05, 0.1) is 19.8 Å². The molecule has 0 radical (unpaired) electrons. The first kappa shape index (κ1) is 16.6. The predicted octanol–water partition coefficient (Wildman–Crippen LogP) is 1.73. The highest BCUT2D eigenvalue weighted by molar-refractivity contribution is 5.44. The molecule has 1 aromatic rings. The number of rotatable bonds is 6. The van der Waals surface area contributed by atoms with E-state index >= 15 is 0 Å². The van der Waals surface area contributed by atoms with Crippen LogP contribution in [0.2, 0.25) is 0 Å². The number of piperazine rings is 1. The van der Waals surface area contributed by atoms with Gasteiger partial charge in [-0.3, -0.25) is 9.80 Å². The van der Waals surface area contributed by atoms with Gasteiger partial charge in [0, 0.05) is 38.3 Å². The fourth-order valence-electron chi connectivity index (χ4n) is 4.05. The number of benzene rings is 1. The second-order valence-electron chi connectivity index (χ2n) is 6.53. The molecule has 5 heteroatoms. The van der Waals surface area contributed by atoms with Crippen LogP contribution in [0.15, 0.2) is 18.2 Å². The maximum Gasteiger partial charge on any atom is 0.127 e. The monoisotopic (exact) mass is 320 g/mol. The maximum absolute atomic E-state index is 9.45. The molecule has 2 fully saturated rings. The molecule has 0 aliphatic carbocycles. The average molecular weight is 320 g/mol. The third-order valence-corrected chi connectivity index (χ3v) is 5.26. The van der Waals surface area contributed by atoms with Crippen LogP contribution in [0.4, 0.5) is 0 Å². The normalized spacial score (nSPS) is 25.3. The summed E-state index contributed by atoms with van der Waals surface area (Å²) in [6, 6.07) is 6.99. The van der Waals surface area contributed by atoms with Gasteiger partial charge in [-0.25, -0.2) is 0 Å². The van der Waals surface area contributed by atoms with Crippen molar-refractivity contribution in [1.29, 1.82) is 0 Å². The summed E-state index contributed by atoms with van der Waals surface area (Å²) in [5.41, 5.74) is 1.10. The predicted molar refractivity (Wildman–Crippen MR) is 90.0 cm³/mol. The fourth-order valence-corrected chi connectivity index (χ4v) is 4.05. The van der Waals surface area contributed by atoms with E-state index in [1.165, 1.54) is 19.4 Å².